The van der Waals surface area contributed by atoms with Crippen LogP contribution in [0.15, 0.2) is 24.5 Å². The summed E-state index contributed by atoms with van der Waals surface area (Å²) in [5.74, 6) is 0.617. The maximum atomic E-state index is 12.9. The van der Waals surface area contributed by atoms with Gasteiger partial charge in [0.1, 0.15) is 0 Å². The highest BCUT2D eigenvalue weighted by atomic mass is 16.2. The molecular weight excluding hydrogens is 302 g/mol. The molecule has 0 radical (unpaired) electrons. The van der Waals surface area contributed by atoms with Crippen molar-refractivity contribution in [1.82, 2.24) is 14.8 Å². The van der Waals surface area contributed by atoms with Crippen molar-refractivity contribution in [2.24, 2.45) is 11.8 Å². The summed E-state index contributed by atoms with van der Waals surface area (Å²) in [4.78, 5) is 32.8. The van der Waals surface area contributed by atoms with Crippen LogP contribution in [0, 0.1) is 11.8 Å². The third-order valence-electron chi connectivity index (χ3n) is 5.94. The number of carbonyl (C=O) groups excluding carboxylic acids is 2. The largest absolute Gasteiger partial charge is 0.342 e. The minimum absolute atomic E-state index is 0.0739. The second-order valence-corrected chi connectivity index (χ2v) is 7.70. The molecule has 3 heterocycles. The minimum Gasteiger partial charge on any atom is -0.342 e. The lowest BCUT2D eigenvalue weighted by Gasteiger charge is -2.38. The highest BCUT2D eigenvalue weighted by Gasteiger charge is 2.49. The van der Waals surface area contributed by atoms with E-state index in [2.05, 4.69) is 11.1 Å². The fraction of sp³-hybridized carbons (Fsp3) is 0.632. The van der Waals surface area contributed by atoms with Gasteiger partial charge in [0.05, 0.1) is 5.92 Å². The van der Waals surface area contributed by atoms with Crippen molar-refractivity contribution in [3.63, 3.8) is 0 Å². The monoisotopic (exact) mass is 329 g/mol. The Labute approximate surface area is 144 Å². The summed E-state index contributed by atoms with van der Waals surface area (Å²) in [5.41, 5.74) is 0.882. The van der Waals surface area contributed by atoms with E-state index in [9.17, 15) is 9.59 Å². The van der Waals surface area contributed by atoms with Crippen LogP contribution >= 0.6 is 0 Å². The van der Waals surface area contributed by atoms with Gasteiger partial charge < -0.3 is 9.80 Å². The molecule has 0 aliphatic carbocycles. The zero-order valence-electron chi connectivity index (χ0n) is 14.9. The molecule has 24 heavy (non-hydrogen) atoms. The van der Waals surface area contributed by atoms with E-state index >= 15 is 0 Å². The summed E-state index contributed by atoms with van der Waals surface area (Å²) < 4.78 is 0. The van der Waals surface area contributed by atoms with Crippen LogP contribution in [0.2, 0.25) is 0 Å². The Morgan fingerprint density at radius 2 is 2.04 bits per heavy atom. The number of carbonyl (C=O) groups is 2. The maximum Gasteiger partial charge on any atom is 0.228 e. The first kappa shape index (κ1) is 16.9. The Bertz CT molecular complexity index is 606. The molecule has 1 aromatic rings. The first-order valence-corrected chi connectivity index (χ1v) is 8.84. The van der Waals surface area contributed by atoms with Crippen LogP contribution in [0.25, 0.3) is 0 Å². The van der Waals surface area contributed by atoms with Crippen molar-refractivity contribution in [3.05, 3.63) is 30.1 Å². The molecule has 0 saturated carbocycles. The van der Waals surface area contributed by atoms with Crippen molar-refractivity contribution < 1.29 is 9.59 Å². The molecule has 5 nitrogen and oxygen atoms in total. The lowest BCUT2D eigenvalue weighted by atomic mass is 9.85. The molecule has 130 valence electrons. The minimum atomic E-state index is -0.388. The van der Waals surface area contributed by atoms with Gasteiger partial charge in [0.2, 0.25) is 11.8 Å². The van der Waals surface area contributed by atoms with Gasteiger partial charge in [-0.15, -0.1) is 0 Å². The molecule has 0 spiro atoms. The van der Waals surface area contributed by atoms with Crippen LogP contribution in [0.4, 0.5) is 0 Å². The summed E-state index contributed by atoms with van der Waals surface area (Å²) in [6, 6.07) is 4.09. The average Bonchev–Trinajstić information content (AvgIpc) is 2.79. The Balaban J connectivity index is 1.57. The molecule has 1 atom stereocenters. The number of likely N-dealkylation sites (tertiary alicyclic amines) is 2. The molecule has 0 N–H and O–H groups in total. The Kier molecular flexibility index (Phi) is 4.61. The number of pyridine rings is 1. The Hall–Kier alpha value is -1.91. The predicted molar refractivity (Wildman–Crippen MR) is 92.2 cm³/mol. The standard InChI is InChI=1S/C19H27N3O2/c1-19(2)16(12-17(23)21(19)3)18(24)22-9-6-14(7-10-22)11-15-5-4-8-20-13-15/h4-5,8,13-14,16H,6-7,9-12H2,1-3H3/t16-/m1/s1. The van der Waals surface area contributed by atoms with Crippen molar-refractivity contribution in [3.8, 4) is 0 Å². The zero-order valence-corrected chi connectivity index (χ0v) is 14.9. The first-order chi connectivity index (χ1) is 11.4. The van der Waals surface area contributed by atoms with Crippen LogP contribution in [-0.4, -0.2) is 52.3 Å². The topological polar surface area (TPSA) is 53.5 Å². The second-order valence-electron chi connectivity index (χ2n) is 7.70. The third kappa shape index (κ3) is 3.17. The number of aromatic nitrogens is 1. The summed E-state index contributed by atoms with van der Waals surface area (Å²) in [7, 11) is 1.80. The summed E-state index contributed by atoms with van der Waals surface area (Å²) >= 11 is 0. The normalized spacial score (nSPS) is 24.5. The van der Waals surface area contributed by atoms with Crippen LogP contribution in [0.5, 0.6) is 0 Å². The van der Waals surface area contributed by atoms with Crippen LogP contribution in [-0.2, 0) is 16.0 Å². The number of rotatable bonds is 3. The van der Waals surface area contributed by atoms with Crippen molar-refractivity contribution in [1.29, 1.82) is 0 Å². The summed E-state index contributed by atoms with van der Waals surface area (Å²) in [6.07, 6.45) is 7.16. The SMILES string of the molecule is CN1C(=O)C[C@H](C(=O)N2CCC(Cc3cccnc3)CC2)C1(C)C. The molecule has 1 aromatic heterocycles. The molecule has 2 amide bonds. The van der Waals surface area contributed by atoms with Crippen molar-refractivity contribution in [2.75, 3.05) is 20.1 Å². The average molecular weight is 329 g/mol. The molecule has 2 fully saturated rings. The van der Waals surface area contributed by atoms with E-state index < -0.39 is 0 Å². The fourth-order valence-corrected chi connectivity index (χ4v) is 3.94. The van der Waals surface area contributed by atoms with Crippen LogP contribution in [0.3, 0.4) is 0 Å². The van der Waals surface area contributed by atoms with Gasteiger partial charge in [-0.05, 0) is 50.7 Å². The quantitative estimate of drug-likeness (QED) is 0.853. The summed E-state index contributed by atoms with van der Waals surface area (Å²) in [5, 5.41) is 0. The number of amides is 2. The molecule has 3 rings (SSSR count). The van der Waals surface area contributed by atoms with Gasteiger partial charge in [-0.25, -0.2) is 0 Å². The van der Waals surface area contributed by atoms with E-state index in [-0.39, 0.29) is 23.3 Å². The molecule has 0 aromatic carbocycles. The van der Waals surface area contributed by atoms with Crippen LogP contribution in [0.1, 0.15) is 38.7 Å². The van der Waals surface area contributed by atoms with Crippen LogP contribution < -0.4 is 0 Å². The highest BCUT2D eigenvalue weighted by Crippen LogP contribution is 2.36. The van der Waals surface area contributed by atoms with Gasteiger partial charge in [-0.2, -0.15) is 0 Å². The maximum absolute atomic E-state index is 12.9. The Morgan fingerprint density at radius 1 is 1.33 bits per heavy atom. The highest BCUT2D eigenvalue weighted by molar-refractivity contribution is 5.91. The molecule has 0 unspecified atom stereocenters. The van der Waals surface area contributed by atoms with E-state index in [1.165, 1.54) is 5.56 Å². The van der Waals surface area contributed by atoms with Gasteiger partial charge >= 0.3 is 0 Å². The first-order valence-electron chi connectivity index (χ1n) is 8.84. The summed E-state index contributed by atoms with van der Waals surface area (Å²) in [6.45, 7) is 5.59. The lowest BCUT2D eigenvalue weighted by Crippen LogP contribution is -2.50. The van der Waals surface area contributed by atoms with Gasteiger partial charge in [-0.3, -0.25) is 14.6 Å². The van der Waals surface area contributed by atoms with E-state index in [1.54, 1.807) is 18.1 Å². The van der Waals surface area contributed by atoms with Gasteiger partial charge in [0.15, 0.2) is 0 Å². The van der Waals surface area contributed by atoms with Crippen molar-refractivity contribution >= 4 is 11.8 Å². The number of hydrogen-bond acceptors (Lipinski definition) is 3. The fourth-order valence-electron chi connectivity index (χ4n) is 3.94. The zero-order chi connectivity index (χ0) is 17.3. The van der Waals surface area contributed by atoms with Gasteiger partial charge in [0.25, 0.3) is 0 Å². The van der Waals surface area contributed by atoms with Gasteiger partial charge in [0, 0.05) is 44.5 Å². The van der Waals surface area contributed by atoms with Gasteiger partial charge in [-0.1, -0.05) is 6.07 Å². The van der Waals surface area contributed by atoms with E-state index in [4.69, 9.17) is 0 Å². The van der Waals surface area contributed by atoms with E-state index in [0.717, 1.165) is 32.4 Å². The molecule has 2 saturated heterocycles. The lowest BCUT2D eigenvalue weighted by molar-refractivity contribution is -0.139. The Morgan fingerprint density at radius 3 is 2.58 bits per heavy atom. The van der Waals surface area contributed by atoms with E-state index in [0.29, 0.717) is 12.3 Å². The molecule has 2 aliphatic rings. The molecule has 2 aliphatic heterocycles. The molecule has 0 bridgehead atoms. The predicted octanol–water partition coefficient (Wildman–Crippen LogP) is 2.12. The smallest absolute Gasteiger partial charge is 0.228 e. The number of hydrogen-bond donors (Lipinski definition) is 0. The third-order valence-corrected chi connectivity index (χ3v) is 5.94. The molecule has 5 heteroatoms. The number of nitrogens with zero attached hydrogens (tertiary/aromatic N) is 3. The molecular formula is C19H27N3O2. The second kappa shape index (κ2) is 6.54. The number of piperidine rings is 1. The van der Waals surface area contributed by atoms with Crippen molar-refractivity contribution in [2.45, 2.75) is 45.1 Å². The van der Waals surface area contributed by atoms with E-state index in [1.807, 2.05) is 31.0 Å².